The number of ether oxygens (including phenoxy) is 1. The van der Waals surface area contributed by atoms with Crippen LogP contribution < -0.4 is 5.32 Å². The van der Waals surface area contributed by atoms with Crippen molar-refractivity contribution in [1.82, 2.24) is 10.2 Å². The molecule has 0 bridgehead atoms. The van der Waals surface area contributed by atoms with Gasteiger partial charge < -0.3 is 15.2 Å². The summed E-state index contributed by atoms with van der Waals surface area (Å²) in [6, 6.07) is 6.18. The lowest BCUT2D eigenvalue weighted by Gasteiger charge is -2.38. The Morgan fingerprint density at radius 2 is 2.00 bits per heavy atom. The predicted molar refractivity (Wildman–Crippen MR) is 91.3 cm³/mol. The summed E-state index contributed by atoms with van der Waals surface area (Å²) in [5.41, 5.74) is 0.546. The van der Waals surface area contributed by atoms with Gasteiger partial charge in [-0.2, -0.15) is 0 Å². The summed E-state index contributed by atoms with van der Waals surface area (Å²) in [4.78, 5) is 25.1. The fourth-order valence-electron chi connectivity index (χ4n) is 2.58. The lowest BCUT2D eigenvalue weighted by atomic mass is 10.0. The van der Waals surface area contributed by atoms with Crippen LogP contribution in [0.15, 0.2) is 24.3 Å². The van der Waals surface area contributed by atoms with Crippen molar-refractivity contribution in [3.8, 4) is 0 Å². The normalized spacial score (nSPS) is 21.5. The Labute approximate surface area is 146 Å². The van der Waals surface area contributed by atoms with Gasteiger partial charge in [0.25, 0.3) is 0 Å². The second-order valence-corrected chi connectivity index (χ2v) is 7.35. The largest absolute Gasteiger partial charge is 0.465 e. The molecule has 24 heavy (non-hydrogen) atoms. The molecule has 2 atom stereocenters. The highest BCUT2D eigenvalue weighted by Crippen LogP contribution is 2.17. The molecule has 0 radical (unpaired) electrons. The van der Waals surface area contributed by atoms with E-state index < -0.39 is 17.7 Å². The van der Waals surface area contributed by atoms with Crippen LogP contribution in [-0.2, 0) is 16.0 Å². The molecule has 2 N–H and O–H groups in total. The molecule has 1 aromatic carbocycles. The second-order valence-electron chi connectivity index (χ2n) is 6.91. The van der Waals surface area contributed by atoms with E-state index in [2.05, 4.69) is 5.32 Å². The highest BCUT2D eigenvalue weighted by molar-refractivity contribution is 6.30. The van der Waals surface area contributed by atoms with Crippen LogP contribution in [0.1, 0.15) is 26.3 Å². The van der Waals surface area contributed by atoms with Crippen LogP contribution in [0.5, 0.6) is 0 Å². The lowest BCUT2D eigenvalue weighted by molar-refractivity contribution is -0.134. The number of benzene rings is 1. The number of carbonyl (C=O) groups excluding carboxylic acids is 1. The van der Waals surface area contributed by atoms with Crippen LogP contribution in [0.25, 0.3) is 0 Å². The van der Waals surface area contributed by atoms with E-state index in [9.17, 15) is 14.7 Å². The maximum Gasteiger partial charge on any atom is 0.408 e. The van der Waals surface area contributed by atoms with Crippen LogP contribution in [0.4, 0.5) is 4.79 Å². The number of nitrogens with one attached hydrogen (secondary N) is 1. The summed E-state index contributed by atoms with van der Waals surface area (Å²) >= 11 is 5.86. The summed E-state index contributed by atoms with van der Waals surface area (Å²) in [6.07, 6.45) is -0.576. The van der Waals surface area contributed by atoms with E-state index in [0.717, 1.165) is 10.5 Å². The van der Waals surface area contributed by atoms with Crippen molar-refractivity contribution >= 4 is 23.6 Å². The average molecular weight is 355 g/mol. The van der Waals surface area contributed by atoms with Crippen molar-refractivity contribution in [3.63, 3.8) is 0 Å². The van der Waals surface area contributed by atoms with Gasteiger partial charge >= 0.3 is 6.09 Å². The highest BCUT2D eigenvalue weighted by Gasteiger charge is 2.38. The SMILES string of the molecule is CC(C)(C)OC[C@H]1C(=O)N[C@@H](Cc2ccc(Cl)cc2)CN1C(=O)O. The molecule has 2 rings (SSSR count). The first-order chi connectivity index (χ1) is 11.2. The quantitative estimate of drug-likeness (QED) is 0.871. The van der Waals surface area contributed by atoms with Gasteiger partial charge in [-0.15, -0.1) is 0 Å². The molecule has 0 saturated carbocycles. The van der Waals surface area contributed by atoms with Crippen LogP contribution in [0.3, 0.4) is 0 Å². The molecule has 6 nitrogen and oxygen atoms in total. The number of halogens is 1. The van der Waals surface area contributed by atoms with Crippen LogP contribution >= 0.6 is 11.6 Å². The Bertz CT molecular complexity index is 598. The number of carboxylic acid groups (broad SMARTS) is 1. The van der Waals surface area contributed by atoms with E-state index >= 15 is 0 Å². The minimum absolute atomic E-state index is 0.0370. The van der Waals surface area contributed by atoms with Gasteiger partial charge in [-0.1, -0.05) is 23.7 Å². The maximum atomic E-state index is 12.4. The Morgan fingerprint density at radius 1 is 1.38 bits per heavy atom. The molecular formula is C17H23ClN2O4. The van der Waals surface area contributed by atoms with Gasteiger partial charge in [-0.05, 0) is 44.9 Å². The van der Waals surface area contributed by atoms with Crippen molar-refractivity contribution < 1.29 is 19.4 Å². The fourth-order valence-corrected chi connectivity index (χ4v) is 2.70. The van der Waals surface area contributed by atoms with Crippen molar-refractivity contribution in [2.24, 2.45) is 0 Å². The summed E-state index contributed by atoms with van der Waals surface area (Å²) in [5.74, 6) is -0.327. The number of piperazine rings is 1. The maximum absolute atomic E-state index is 12.4. The van der Waals surface area contributed by atoms with Crippen molar-refractivity contribution in [2.45, 2.75) is 44.9 Å². The third kappa shape index (κ3) is 5.11. The molecule has 0 spiro atoms. The van der Waals surface area contributed by atoms with Gasteiger partial charge in [-0.25, -0.2) is 4.79 Å². The van der Waals surface area contributed by atoms with E-state index in [1.807, 2.05) is 32.9 Å². The first-order valence-electron chi connectivity index (χ1n) is 7.84. The van der Waals surface area contributed by atoms with Gasteiger partial charge in [0.2, 0.25) is 5.91 Å². The van der Waals surface area contributed by atoms with E-state index in [-0.39, 0.29) is 25.1 Å². The summed E-state index contributed by atoms with van der Waals surface area (Å²) < 4.78 is 5.61. The number of rotatable bonds is 4. The van der Waals surface area contributed by atoms with Crippen molar-refractivity contribution in [2.75, 3.05) is 13.2 Å². The topological polar surface area (TPSA) is 78.9 Å². The van der Waals surface area contributed by atoms with Gasteiger partial charge in [-0.3, -0.25) is 9.69 Å². The molecule has 2 amide bonds. The Morgan fingerprint density at radius 3 is 2.54 bits per heavy atom. The Hall–Kier alpha value is -1.79. The molecule has 1 aromatic rings. The molecule has 132 valence electrons. The minimum atomic E-state index is -1.12. The Balaban J connectivity index is 2.05. The number of amides is 2. The monoisotopic (exact) mass is 354 g/mol. The van der Waals surface area contributed by atoms with Crippen LogP contribution in [-0.4, -0.2) is 52.8 Å². The molecule has 1 saturated heterocycles. The first-order valence-corrected chi connectivity index (χ1v) is 8.22. The third-order valence-electron chi connectivity index (χ3n) is 3.76. The molecule has 0 aromatic heterocycles. The summed E-state index contributed by atoms with van der Waals surface area (Å²) in [7, 11) is 0. The second kappa shape index (κ2) is 7.40. The lowest BCUT2D eigenvalue weighted by Crippen LogP contribution is -2.63. The molecule has 7 heteroatoms. The number of hydrogen-bond donors (Lipinski definition) is 2. The smallest absolute Gasteiger partial charge is 0.408 e. The van der Waals surface area contributed by atoms with Gasteiger partial charge in [0, 0.05) is 11.6 Å². The van der Waals surface area contributed by atoms with E-state index in [1.54, 1.807) is 12.1 Å². The standard InChI is InChI=1S/C17H23ClN2O4/c1-17(2,3)24-10-14-15(21)19-13(9-20(14)16(22)23)8-11-4-6-12(18)7-5-11/h4-7,13-14H,8-10H2,1-3H3,(H,19,21)(H,22,23)/t13-,14-/m0/s1. The first kappa shape index (κ1) is 18.5. The van der Waals surface area contributed by atoms with Crippen molar-refractivity contribution in [1.29, 1.82) is 0 Å². The van der Waals surface area contributed by atoms with E-state index in [1.165, 1.54) is 0 Å². The number of nitrogens with zero attached hydrogens (tertiary/aromatic N) is 1. The third-order valence-corrected chi connectivity index (χ3v) is 4.01. The number of carbonyl (C=O) groups is 2. The zero-order chi connectivity index (χ0) is 17.9. The molecule has 1 fully saturated rings. The predicted octanol–water partition coefficient (Wildman–Crippen LogP) is 2.54. The molecule has 1 aliphatic heterocycles. The molecule has 0 unspecified atom stereocenters. The Kier molecular flexibility index (Phi) is 5.72. The van der Waals surface area contributed by atoms with Crippen molar-refractivity contribution in [3.05, 3.63) is 34.9 Å². The van der Waals surface area contributed by atoms with E-state index in [4.69, 9.17) is 16.3 Å². The molecule has 1 aliphatic rings. The van der Waals surface area contributed by atoms with Gasteiger partial charge in [0.15, 0.2) is 0 Å². The number of hydrogen-bond acceptors (Lipinski definition) is 3. The highest BCUT2D eigenvalue weighted by atomic mass is 35.5. The summed E-state index contributed by atoms with van der Waals surface area (Å²) in [5, 5.41) is 13.0. The van der Waals surface area contributed by atoms with Gasteiger partial charge in [0.1, 0.15) is 6.04 Å². The molecular weight excluding hydrogens is 332 g/mol. The summed E-state index contributed by atoms with van der Waals surface area (Å²) in [6.45, 7) is 5.85. The molecule has 0 aliphatic carbocycles. The zero-order valence-electron chi connectivity index (χ0n) is 14.1. The average Bonchev–Trinajstić information content (AvgIpc) is 2.47. The molecule has 1 heterocycles. The van der Waals surface area contributed by atoms with E-state index in [0.29, 0.717) is 11.4 Å². The minimum Gasteiger partial charge on any atom is -0.465 e. The zero-order valence-corrected chi connectivity index (χ0v) is 14.8. The van der Waals surface area contributed by atoms with Crippen LogP contribution in [0, 0.1) is 0 Å². The van der Waals surface area contributed by atoms with Gasteiger partial charge in [0.05, 0.1) is 18.2 Å². The fraction of sp³-hybridized carbons (Fsp3) is 0.529. The van der Waals surface area contributed by atoms with Crippen LogP contribution in [0.2, 0.25) is 5.02 Å².